The molecule has 7 heteroatoms. The van der Waals surface area contributed by atoms with Gasteiger partial charge in [-0.1, -0.05) is 6.42 Å². The smallest absolute Gasteiger partial charge is 0.340 e. The number of aryl methyl sites for hydroxylation is 2. The summed E-state index contributed by atoms with van der Waals surface area (Å²) in [5.74, 6) is -0.433. The van der Waals surface area contributed by atoms with E-state index in [-0.39, 0.29) is 18.7 Å². The van der Waals surface area contributed by atoms with Crippen LogP contribution in [-0.2, 0) is 16.0 Å². The molecule has 0 atom stereocenters. The molecule has 1 aromatic carbocycles. The van der Waals surface area contributed by atoms with Crippen LogP contribution in [0.3, 0.4) is 0 Å². The van der Waals surface area contributed by atoms with E-state index in [0.717, 1.165) is 22.9 Å². The minimum atomic E-state index is -0.814. The van der Waals surface area contributed by atoms with Gasteiger partial charge in [-0.25, -0.2) is 4.79 Å². The van der Waals surface area contributed by atoms with Gasteiger partial charge in [-0.3, -0.25) is 9.59 Å². The van der Waals surface area contributed by atoms with Crippen molar-refractivity contribution in [2.45, 2.75) is 46.0 Å². The van der Waals surface area contributed by atoms with Crippen molar-refractivity contribution in [1.29, 1.82) is 0 Å². The monoisotopic (exact) mass is 375 g/mol. The third-order valence-corrected chi connectivity index (χ3v) is 4.60. The van der Waals surface area contributed by atoms with Crippen LogP contribution in [0.2, 0.25) is 0 Å². The number of carbonyl (C=O) groups excluding carboxylic acids is 1. The molecule has 27 heavy (non-hydrogen) atoms. The number of hydrogen-bond acceptors (Lipinski definition) is 5. The molecule has 0 fully saturated rings. The maximum absolute atomic E-state index is 12.4. The highest BCUT2D eigenvalue weighted by atomic mass is 16.5. The summed E-state index contributed by atoms with van der Waals surface area (Å²) in [4.78, 5) is 35.0. The fourth-order valence-electron chi connectivity index (χ4n) is 3.03. The predicted molar refractivity (Wildman–Crippen MR) is 101 cm³/mol. The van der Waals surface area contributed by atoms with Crippen molar-refractivity contribution < 1.29 is 23.8 Å². The number of carboxylic acids is 1. The molecule has 0 saturated carbocycles. The number of hydrogen-bond donors (Lipinski definition) is 2. The Hall–Kier alpha value is -2.83. The van der Waals surface area contributed by atoms with Gasteiger partial charge in [0.25, 0.3) is 0 Å². The molecule has 2 rings (SSSR count). The van der Waals surface area contributed by atoms with Crippen molar-refractivity contribution in [2.75, 3.05) is 13.7 Å². The van der Waals surface area contributed by atoms with Crippen molar-refractivity contribution in [1.82, 2.24) is 5.32 Å². The van der Waals surface area contributed by atoms with Crippen LogP contribution in [0.5, 0.6) is 5.75 Å². The molecule has 0 radical (unpaired) electrons. The van der Waals surface area contributed by atoms with Crippen molar-refractivity contribution >= 4 is 22.8 Å². The van der Waals surface area contributed by atoms with Gasteiger partial charge in [-0.05, 0) is 44.4 Å². The maximum atomic E-state index is 12.4. The highest BCUT2D eigenvalue weighted by Crippen LogP contribution is 2.29. The van der Waals surface area contributed by atoms with E-state index in [1.807, 2.05) is 19.1 Å². The Kier molecular flexibility index (Phi) is 6.98. The third-order valence-electron chi connectivity index (χ3n) is 4.60. The average Bonchev–Trinajstić information content (AvgIpc) is 2.62. The molecule has 0 aliphatic carbocycles. The second-order valence-electron chi connectivity index (χ2n) is 6.49. The van der Waals surface area contributed by atoms with Crippen LogP contribution in [0.4, 0.5) is 0 Å². The van der Waals surface area contributed by atoms with Crippen LogP contribution in [0, 0.1) is 13.8 Å². The Morgan fingerprint density at radius 2 is 1.89 bits per heavy atom. The number of aliphatic carboxylic acids is 1. The third kappa shape index (κ3) is 5.09. The lowest BCUT2D eigenvalue weighted by molar-refractivity contribution is -0.137. The summed E-state index contributed by atoms with van der Waals surface area (Å²) in [5, 5.41) is 12.1. The average molecular weight is 375 g/mol. The van der Waals surface area contributed by atoms with Crippen LogP contribution in [-0.4, -0.2) is 30.6 Å². The molecule has 0 saturated heterocycles. The zero-order valence-electron chi connectivity index (χ0n) is 15.9. The van der Waals surface area contributed by atoms with Gasteiger partial charge in [0.15, 0.2) is 0 Å². The van der Waals surface area contributed by atoms with Gasteiger partial charge in [-0.2, -0.15) is 0 Å². The number of carboxylic acid groups (broad SMARTS) is 1. The lowest BCUT2D eigenvalue weighted by Crippen LogP contribution is -2.28. The number of ether oxygens (including phenoxy) is 1. The van der Waals surface area contributed by atoms with E-state index >= 15 is 0 Å². The fraction of sp³-hybridized carbons (Fsp3) is 0.450. The maximum Gasteiger partial charge on any atom is 0.340 e. The fourth-order valence-corrected chi connectivity index (χ4v) is 3.03. The summed E-state index contributed by atoms with van der Waals surface area (Å²) >= 11 is 0. The Morgan fingerprint density at radius 1 is 1.15 bits per heavy atom. The first-order chi connectivity index (χ1) is 12.8. The van der Waals surface area contributed by atoms with Crippen LogP contribution in [0.25, 0.3) is 11.0 Å². The highest BCUT2D eigenvalue weighted by Gasteiger charge is 2.17. The van der Waals surface area contributed by atoms with Crippen LogP contribution < -0.4 is 15.7 Å². The van der Waals surface area contributed by atoms with E-state index in [4.69, 9.17) is 14.3 Å². The SMILES string of the molecule is COc1ccc2c(C)c(CC(=O)NCCCCCC(=O)O)c(=O)oc2c1C. The second kappa shape index (κ2) is 9.21. The Bertz CT molecular complexity index is 899. The molecule has 0 unspecified atom stereocenters. The quantitative estimate of drug-likeness (QED) is 0.516. The zero-order valence-corrected chi connectivity index (χ0v) is 15.9. The van der Waals surface area contributed by atoms with Gasteiger partial charge >= 0.3 is 11.6 Å². The lowest BCUT2D eigenvalue weighted by atomic mass is 10.0. The van der Waals surface area contributed by atoms with E-state index in [2.05, 4.69) is 5.32 Å². The Morgan fingerprint density at radius 3 is 2.56 bits per heavy atom. The Balaban J connectivity index is 2.05. The van der Waals surface area contributed by atoms with E-state index in [9.17, 15) is 14.4 Å². The predicted octanol–water partition coefficient (Wildman–Crippen LogP) is 2.72. The molecule has 0 aliphatic heterocycles. The topological polar surface area (TPSA) is 106 Å². The van der Waals surface area contributed by atoms with Gasteiger partial charge in [0.1, 0.15) is 11.3 Å². The minimum absolute atomic E-state index is 0.0513. The van der Waals surface area contributed by atoms with Crippen molar-refractivity contribution in [3.8, 4) is 5.75 Å². The van der Waals surface area contributed by atoms with E-state index in [1.54, 1.807) is 14.0 Å². The Labute approximate surface area is 157 Å². The van der Waals surface area contributed by atoms with Gasteiger partial charge < -0.3 is 19.6 Å². The van der Waals surface area contributed by atoms with Gasteiger partial charge in [0, 0.05) is 23.9 Å². The lowest BCUT2D eigenvalue weighted by Gasteiger charge is -2.11. The summed E-state index contributed by atoms with van der Waals surface area (Å²) in [6, 6.07) is 3.63. The molecule has 146 valence electrons. The summed E-state index contributed by atoms with van der Waals surface area (Å²) in [5.41, 5.74) is 1.76. The highest BCUT2D eigenvalue weighted by molar-refractivity contribution is 5.87. The number of unbranched alkanes of at least 4 members (excludes halogenated alkanes) is 2. The number of amides is 1. The molecule has 0 bridgehead atoms. The van der Waals surface area contributed by atoms with Crippen LogP contribution >= 0.6 is 0 Å². The van der Waals surface area contributed by atoms with E-state index in [1.165, 1.54) is 0 Å². The molecule has 1 amide bonds. The number of carbonyl (C=O) groups is 2. The molecule has 1 aromatic heterocycles. The zero-order chi connectivity index (χ0) is 20.0. The summed E-state index contributed by atoms with van der Waals surface area (Å²) in [6.07, 6.45) is 2.09. The first kappa shape index (κ1) is 20.5. The first-order valence-corrected chi connectivity index (χ1v) is 8.93. The molecule has 7 nitrogen and oxygen atoms in total. The molecule has 2 aromatic rings. The number of fused-ring (bicyclic) bond motifs is 1. The molecule has 1 heterocycles. The van der Waals surface area contributed by atoms with Crippen LogP contribution in [0.15, 0.2) is 21.3 Å². The molecule has 0 aliphatic rings. The minimum Gasteiger partial charge on any atom is -0.496 e. The molecule has 2 N–H and O–H groups in total. The normalized spacial score (nSPS) is 10.8. The first-order valence-electron chi connectivity index (χ1n) is 8.93. The van der Waals surface area contributed by atoms with E-state index < -0.39 is 11.6 Å². The largest absolute Gasteiger partial charge is 0.496 e. The standard InChI is InChI=1S/C20H25NO6/c1-12-14-8-9-16(26-3)13(2)19(14)27-20(25)15(12)11-17(22)21-10-6-4-5-7-18(23)24/h8-9H,4-7,10-11H2,1-3H3,(H,21,22)(H,23,24). The molecule has 0 spiro atoms. The van der Waals surface area contributed by atoms with Crippen molar-refractivity contribution in [3.63, 3.8) is 0 Å². The van der Waals surface area contributed by atoms with Gasteiger partial charge in [0.05, 0.1) is 19.1 Å². The number of benzene rings is 1. The van der Waals surface area contributed by atoms with Crippen molar-refractivity contribution in [3.05, 3.63) is 39.2 Å². The molecular weight excluding hydrogens is 350 g/mol. The van der Waals surface area contributed by atoms with E-state index in [0.29, 0.717) is 36.3 Å². The number of rotatable bonds is 9. The van der Waals surface area contributed by atoms with Gasteiger partial charge in [0.2, 0.25) is 5.91 Å². The summed E-state index contributed by atoms with van der Waals surface area (Å²) < 4.78 is 10.7. The summed E-state index contributed by atoms with van der Waals surface area (Å²) in [6.45, 7) is 4.08. The number of methoxy groups -OCH3 is 1. The van der Waals surface area contributed by atoms with Gasteiger partial charge in [-0.15, -0.1) is 0 Å². The van der Waals surface area contributed by atoms with Crippen molar-refractivity contribution in [2.24, 2.45) is 0 Å². The summed E-state index contributed by atoms with van der Waals surface area (Å²) in [7, 11) is 1.56. The second-order valence-corrected chi connectivity index (χ2v) is 6.49. The molecular formula is C20H25NO6. The number of nitrogens with one attached hydrogen (secondary N) is 1. The van der Waals surface area contributed by atoms with Crippen LogP contribution in [0.1, 0.15) is 42.4 Å².